The van der Waals surface area contributed by atoms with Gasteiger partial charge in [-0.2, -0.15) is 0 Å². The molecule has 1 saturated heterocycles. The molecule has 21 heteroatoms. The zero-order valence-electron chi connectivity index (χ0n) is 42.5. The van der Waals surface area contributed by atoms with Crippen LogP contribution in [0.4, 0.5) is 5.13 Å². The number of fused-ring (bicyclic) bond motifs is 1. The summed E-state index contributed by atoms with van der Waals surface area (Å²) in [4.78, 5) is 93.4. The van der Waals surface area contributed by atoms with E-state index in [0.717, 1.165) is 28.5 Å². The maximum atomic E-state index is 14.9. The van der Waals surface area contributed by atoms with Crippen LogP contribution in [0.1, 0.15) is 62.6 Å². The minimum atomic E-state index is -1.62. The largest absolute Gasteiger partial charge is 0.497 e. The number of oxime groups is 1. The van der Waals surface area contributed by atoms with Gasteiger partial charge in [0.25, 0.3) is 17.3 Å². The number of hydrogen-bond acceptors (Lipinski definition) is 18. The monoisotopic (exact) mass is 1120 g/mol. The summed E-state index contributed by atoms with van der Waals surface area (Å²) < 4.78 is 27.2. The van der Waals surface area contributed by atoms with Crippen LogP contribution in [0.25, 0.3) is 0 Å². The molecule has 17 nitrogen and oxygen atoms in total. The summed E-state index contributed by atoms with van der Waals surface area (Å²) in [6.07, 6.45) is 0. The quantitative estimate of drug-likeness (QED) is 0.00840. The van der Waals surface area contributed by atoms with Crippen molar-refractivity contribution in [1.82, 2.24) is 15.2 Å². The molecule has 1 aromatic heterocycles. The number of thioether (sulfide) groups is 2. The van der Waals surface area contributed by atoms with Gasteiger partial charge in [0.2, 0.25) is 0 Å². The normalized spacial score (nSPS) is 15.8. The number of alkyl halides is 1. The van der Waals surface area contributed by atoms with Crippen molar-refractivity contribution in [3.8, 4) is 17.2 Å². The SMILES string of the molecule is COc1ccc(COC(=O)C2=C(CCl)CSC3C(NC(=O)/C(=N\OC(Sc4ccc(OC(C)=O)c(OC(C)=O)c4)C(=O)OC(C)(C)C)c4csc(NC(c5ccccc5)(c5ccccc5)c5ccccc5)n4)C(=O)N23)cc1. The highest BCUT2D eigenvalue weighted by atomic mass is 35.5. The molecule has 8 rings (SSSR count). The Balaban J connectivity index is 1.15. The zero-order valence-corrected chi connectivity index (χ0v) is 45.7. The fourth-order valence-corrected chi connectivity index (χ4v) is 11.5. The van der Waals surface area contributed by atoms with Gasteiger partial charge in [-0.1, -0.05) is 120 Å². The average molecular weight is 1120 g/mol. The molecule has 5 aromatic carbocycles. The summed E-state index contributed by atoms with van der Waals surface area (Å²) in [5.41, 5.74) is -0.286. The molecule has 3 atom stereocenters. The lowest BCUT2D eigenvalue weighted by Crippen LogP contribution is -2.71. The van der Waals surface area contributed by atoms with Crippen molar-refractivity contribution in [3.05, 3.63) is 178 Å². The van der Waals surface area contributed by atoms with Gasteiger partial charge in [0.05, 0.1) is 7.11 Å². The van der Waals surface area contributed by atoms with Gasteiger partial charge in [-0.15, -0.1) is 34.7 Å². The lowest BCUT2D eigenvalue weighted by Gasteiger charge is -2.49. The Labute approximate surface area is 461 Å². The van der Waals surface area contributed by atoms with Crippen LogP contribution in [0.3, 0.4) is 0 Å². The number of halogens is 1. The number of aromatic nitrogens is 1. The third-order valence-electron chi connectivity index (χ3n) is 11.6. The molecular formula is C56H52ClN5O12S3. The van der Waals surface area contributed by atoms with E-state index >= 15 is 0 Å². The summed E-state index contributed by atoms with van der Waals surface area (Å²) >= 11 is 9.59. The second-order valence-electron chi connectivity index (χ2n) is 18.2. The van der Waals surface area contributed by atoms with Crippen LogP contribution in [-0.2, 0) is 55.2 Å². The number of hydrogen-bond donors (Lipinski definition) is 2. The van der Waals surface area contributed by atoms with E-state index in [1.165, 1.54) is 60.0 Å². The molecule has 398 valence electrons. The first-order valence-corrected chi connectivity index (χ1v) is 27.2. The van der Waals surface area contributed by atoms with Gasteiger partial charge in [-0.25, -0.2) is 14.6 Å². The molecule has 2 aliphatic rings. The number of methoxy groups -OCH3 is 1. The third kappa shape index (κ3) is 13.1. The maximum Gasteiger partial charge on any atom is 0.361 e. The Hall–Kier alpha value is -7.65. The topological polar surface area (TPSA) is 210 Å². The Bertz CT molecular complexity index is 3110. The maximum absolute atomic E-state index is 14.9. The highest BCUT2D eigenvalue weighted by Crippen LogP contribution is 2.43. The van der Waals surface area contributed by atoms with Crippen LogP contribution >= 0.6 is 46.5 Å². The van der Waals surface area contributed by atoms with Gasteiger partial charge in [-0.05, 0) is 78.9 Å². The van der Waals surface area contributed by atoms with E-state index in [9.17, 15) is 28.8 Å². The number of nitrogens with zero attached hydrogens (tertiary/aromatic N) is 3. The van der Waals surface area contributed by atoms with Gasteiger partial charge in [0, 0.05) is 35.8 Å². The van der Waals surface area contributed by atoms with Crippen molar-refractivity contribution < 1.29 is 57.3 Å². The first-order chi connectivity index (χ1) is 37.0. The number of rotatable bonds is 20. The number of thiazole rings is 1. The second-order valence-corrected chi connectivity index (χ2v) is 21.6. The predicted molar refractivity (Wildman–Crippen MR) is 293 cm³/mol. The number of carbonyl (C=O) groups is 6. The molecule has 0 aliphatic carbocycles. The van der Waals surface area contributed by atoms with E-state index < -0.39 is 69.4 Å². The number of amides is 2. The van der Waals surface area contributed by atoms with Crippen LogP contribution in [0.5, 0.6) is 17.2 Å². The van der Waals surface area contributed by atoms with E-state index in [2.05, 4.69) is 15.8 Å². The fraction of sp³-hybridized carbons (Fsp3) is 0.250. The number of ether oxygens (including phenoxy) is 5. The smallest absolute Gasteiger partial charge is 0.361 e. The van der Waals surface area contributed by atoms with Crippen molar-refractivity contribution in [2.24, 2.45) is 5.16 Å². The molecule has 0 radical (unpaired) electrons. The Morgan fingerprint density at radius 1 is 0.831 bits per heavy atom. The van der Waals surface area contributed by atoms with Crippen LogP contribution in [0, 0.1) is 0 Å². The molecule has 1 fully saturated rings. The number of nitrogens with one attached hydrogen (secondary N) is 2. The second kappa shape index (κ2) is 24.6. The molecule has 2 aliphatic heterocycles. The van der Waals surface area contributed by atoms with Crippen molar-refractivity contribution in [2.45, 2.75) is 74.1 Å². The average Bonchev–Trinajstić information content (AvgIpc) is 3.92. The number of benzene rings is 5. The molecule has 0 spiro atoms. The van der Waals surface area contributed by atoms with Crippen molar-refractivity contribution >= 4 is 93.0 Å². The highest BCUT2D eigenvalue weighted by Gasteiger charge is 2.55. The van der Waals surface area contributed by atoms with Gasteiger partial charge in [0.1, 0.15) is 46.3 Å². The van der Waals surface area contributed by atoms with Gasteiger partial charge in [0.15, 0.2) is 22.3 Å². The first kappa shape index (κ1) is 55.6. The highest BCUT2D eigenvalue weighted by molar-refractivity contribution is 8.00. The minimum Gasteiger partial charge on any atom is -0.497 e. The van der Waals surface area contributed by atoms with Crippen LogP contribution in [0.2, 0.25) is 0 Å². The fourth-order valence-electron chi connectivity index (χ4n) is 8.23. The molecule has 3 unspecified atom stereocenters. The Kier molecular flexibility index (Phi) is 17.7. The molecule has 2 N–H and O–H groups in total. The van der Waals surface area contributed by atoms with E-state index in [-0.39, 0.29) is 46.0 Å². The molecule has 3 heterocycles. The number of β-lactam (4-membered cyclic amide) rings is 1. The van der Waals surface area contributed by atoms with E-state index in [1.54, 1.807) is 57.5 Å². The van der Waals surface area contributed by atoms with Crippen molar-refractivity contribution in [1.29, 1.82) is 0 Å². The lowest BCUT2D eigenvalue weighted by molar-refractivity contribution is -0.162. The zero-order chi connectivity index (χ0) is 54.9. The summed E-state index contributed by atoms with van der Waals surface area (Å²) in [5, 5.41) is 12.0. The summed E-state index contributed by atoms with van der Waals surface area (Å²) in [6, 6.07) is 39.5. The molecule has 77 heavy (non-hydrogen) atoms. The van der Waals surface area contributed by atoms with Crippen LogP contribution < -0.4 is 24.8 Å². The first-order valence-electron chi connectivity index (χ1n) is 23.9. The number of esters is 4. The van der Waals surface area contributed by atoms with Crippen LogP contribution in [0.15, 0.2) is 160 Å². The number of anilines is 1. The van der Waals surface area contributed by atoms with Gasteiger partial charge >= 0.3 is 23.9 Å². The Morgan fingerprint density at radius 2 is 1.43 bits per heavy atom. The van der Waals surface area contributed by atoms with Crippen LogP contribution in [-0.4, -0.2) is 92.5 Å². The lowest BCUT2D eigenvalue weighted by atomic mass is 9.77. The molecule has 2 amide bonds. The molecule has 0 bridgehead atoms. The Morgan fingerprint density at radius 3 is 1.99 bits per heavy atom. The molecule has 6 aromatic rings. The van der Waals surface area contributed by atoms with Crippen molar-refractivity contribution in [3.63, 3.8) is 0 Å². The minimum absolute atomic E-state index is 0.000879. The van der Waals surface area contributed by atoms with E-state index in [4.69, 9.17) is 45.1 Å². The molecule has 0 saturated carbocycles. The van der Waals surface area contributed by atoms with Gasteiger partial charge < -0.3 is 39.2 Å². The van der Waals surface area contributed by atoms with Gasteiger partial charge in [-0.3, -0.25) is 24.1 Å². The summed E-state index contributed by atoms with van der Waals surface area (Å²) in [6.45, 7) is 7.24. The summed E-state index contributed by atoms with van der Waals surface area (Å²) in [5.74, 6) is -3.91. The van der Waals surface area contributed by atoms with Crippen molar-refractivity contribution in [2.75, 3.05) is 24.1 Å². The summed E-state index contributed by atoms with van der Waals surface area (Å²) in [7, 11) is 1.54. The number of carbonyl (C=O) groups excluding carboxylic acids is 6. The molecular weight excluding hydrogens is 1070 g/mol. The standard InChI is InChI=1S/C56H52ClN5O12S3/c1-33(63)71-43-27-26-41(28-44(43)72-34(2)64)77-53(52(68)73-55(3,4)5)74-61-45(42-32-76-54(58-42)60-56(37-16-10-7-11-17-37,38-18-12-8-13-19-38)39-20-14-9-15-21-39)48(65)59-46-49(66)62-47(36(29-57)31-75-50(46)62)51(67)70-30-35-22-24-40(69-6)25-23-35/h7-28,32,46,50,53H,29-31H2,1-6H3,(H,58,60)(H,59,65)/b61-45-. The van der Waals surface area contributed by atoms with E-state index in [0.29, 0.717) is 22.0 Å². The third-order valence-corrected chi connectivity index (χ3v) is 15.0. The van der Waals surface area contributed by atoms with E-state index in [1.807, 2.05) is 91.0 Å². The predicted octanol–water partition coefficient (Wildman–Crippen LogP) is 9.22.